The van der Waals surface area contributed by atoms with Crippen LogP contribution in [0, 0.1) is 0 Å². The number of carbonyl (C=O) groups is 3. The number of pyridine rings is 2. The van der Waals surface area contributed by atoms with E-state index in [4.69, 9.17) is 9.72 Å². The number of nitrogens with zero attached hydrogens (tertiary/aromatic N) is 4. The molecule has 40 heavy (non-hydrogen) atoms. The normalized spacial score (nSPS) is 15.6. The first-order valence-electron chi connectivity index (χ1n) is 14.0. The van der Waals surface area contributed by atoms with Gasteiger partial charge in [0.25, 0.3) is 0 Å². The highest BCUT2D eigenvalue weighted by Crippen LogP contribution is 2.55. The molecule has 1 aromatic carbocycles. The van der Waals surface area contributed by atoms with Crippen molar-refractivity contribution in [3.05, 3.63) is 47.9 Å². The fraction of sp³-hybridized carbons (Fsp3) is 0.452. The molecule has 1 saturated carbocycles. The van der Waals surface area contributed by atoms with Gasteiger partial charge in [0.2, 0.25) is 12.3 Å². The Hall–Kier alpha value is -4.01. The number of fused-ring (bicyclic) bond motifs is 4. The molecular formula is C31H37N5O4. The molecule has 3 heterocycles. The summed E-state index contributed by atoms with van der Waals surface area (Å²) in [5, 5.41) is 3.79. The van der Waals surface area contributed by atoms with Gasteiger partial charge >= 0.3 is 6.09 Å². The van der Waals surface area contributed by atoms with E-state index in [1.807, 2.05) is 65.3 Å². The SMILES string of the molecule is CCN(CCCc1ncc(-c2ccc3ncc4c(c3c2)C2(CCC2)C(=O)N4C)cc1NC=O)C(=O)OC(C)(C)C. The summed E-state index contributed by atoms with van der Waals surface area (Å²) in [4.78, 5) is 49.9. The molecule has 0 radical (unpaired) electrons. The molecule has 0 atom stereocenters. The number of hydrogen-bond acceptors (Lipinski definition) is 6. The molecule has 210 valence electrons. The fourth-order valence-corrected chi connectivity index (χ4v) is 5.83. The van der Waals surface area contributed by atoms with Gasteiger partial charge in [-0.15, -0.1) is 0 Å². The second-order valence-corrected chi connectivity index (χ2v) is 11.7. The number of anilines is 2. The quantitative estimate of drug-likeness (QED) is 0.379. The van der Waals surface area contributed by atoms with Crippen molar-refractivity contribution in [3.8, 4) is 11.1 Å². The Balaban J connectivity index is 1.40. The largest absolute Gasteiger partial charge is 0.444 e. The molecule has 9 nitrogen and oxygen atoms in total. The summed E-state index contributed by atoms with van der Waals surface area (Å²) in [5.74, 6) is 0.158. The average molecular weight is 544 g/mol. The third-order valence-electron chi connectivity index (χ3n) is 8.00. The van der Waals surface area contributed by atoms with Crippen molar-refractivity contribution in [3.63, 3.8) is 0 Å². The van der Waals surface area contributed by atoms with Crippen LogP contribution >= 0.6 is 0 Å². The summed E-state index contributed by atoms with van der Waals surface area (Å²) in [6.07, 6.45) is 7.97. The molecule has 1 aliphatic carbocycles. The number of benzene rings is 1. The zero-order chi connectivity index (χ0) is 28.7. The van der Waals surface area contributed by atoms with Crippen molar-refractivity contribution in [1.82, 2.24) is 14.9 Å². The number of amides is 3. The first-order valence-corrected chi connectivity index (χ1v) is 14.0. The van der Waals surface area contributed by atoms with Crippen LogP contribution in [0.3, 0.4) is 0 Å². The topological polar surface area (TPSA) is 105 Å². The van der Waals surface area contributed by atoms with Crippen molar-refractivity contribution in [2.45, 2.75) is 70.8 Å². The summed E-state index contributed by atoms with van der Waals surface area (Å²) in [6.45, 7) is 8.54. The molecule has 1 fully saturated rings. The minimum absolute atomic E-state index is 0.158. The summed E-state index contributed by atoms with van der Waals surface area (Å²) < 4.78 is 5.50. The van der Waals surface area contributed by atoms with E-state index in [2.05, 4.69) is 16.4 Å². The van der Waals surface area contributed by atoms with E-state index in [0.717, 1.165) is 58.2 Å². The Kier molecular flexibility index (Phi) is 7.25. The predicted molar refractivity (Wildman–Crippen MR) is 155 cm³/mol. The van der Waals surface area contributed by atoms with Crippen molar-refractivity contribution in [2.75, 3.05) is 30.4 Å². The van der Waals surface area contributed by atoms with Crippen LogP contribution in [0.25, 0.3) is 22.0 Å². The Morgan fingerprint density at radius 2 is 1.95 bits per heavy atom. The number of hydrogen-bond donors (Lipinski definition) is 1. The number of nitrogens with one attached hydrogen (secondary N) is 1. The van der Waals surface area contributed by atoms with E-state index in [1.165, 1.54) is 0 Å². The molecule has 1 aliphatic heterocycles. The monoisotopic (exact) mass is 543 g/mol. The Morgan fingerprint density at radius 1 is 1.18 bits per heavy atom. The first kappa shape index (κ1) is 27.6. The van der Waals surface area contributed by atoms with Gasteiger partial charge in [0.05, 0.1) is 34.2 Å². The van der Waals surface area contributed by atoms with Gasteiger partial charge in [0, 0.05) is 42.8 Å². The summed E-state index contributed by atoms with van der Waals surface area (Å²) in [6, 6.07) is 8.00. The maximum Gasteiger partial charge on any atom is 0.410 e. The number of aromatic nitrogens is 2. The maximum atomic E-state index is 13.2. The number of likely N-dealkylation sites (N-methyl/N-ethyl adjacent to an activating group) is 1. The minimum Gasteiger partial charge on any atom is -0.444 e. The third kappa shape index (κ3) is 4.89. The van der Waals surface area contributed by atoms with Gasteiger partial charge in [-0.3, -0.25) is 19.6 Å². The van der Waals surface area contributed by atoms with E-state index in [1.54, 1.807) is 9.80 Å². The van der Waals surface area contributed by atoms with Crippen LogP contribution in [-0.2, 0) is 26.2 Å². The van der Waals surface area contributed by atoms with Crippen LogP contribution in [0.5, 0.6) is 0 Å². The molecule has 9 heteroatoms. The lowest BCUT2D eigenvalue weighted by atomic mass is 9.64. The number of carbonyl (C=O) groups excluding carboxylic acids is 3. The molecule has 3 aromatic rings. The van der Waals surface area contributed by atoms with E-state index in [-0.39, 0.29) is 12.0 Å². The summed E-state index contributed by atoms with van der Waals surface area (Å²) >= 11 is 0. The number of rotatable bonds is 8. The molecule has 1 spiro atoms. The predicted octanol–water partition coefficient (Wildman–Crippen LogP) is 5.45. The van der Waals surface area contributed by atoms with E-state index < -0.39 is 11.0 Å². The Labute approximate surface area is 234 Å². The van der Waals surface area contributed by atoms with Crippen molar-refractivity contribution < 1.29 is 19.1 Å². The molecule has 1 N–H and O–H groups in total. The summed E-state index contributed by atoms with van der Waals surface area (Å²) in [7, 11) is 1.83. The molecular weight excluding hydrogens is 506 g/mol. The van der Waals surface area contributed by atoms with Crippen LogP contribution in [0.2, 0.25) is 0 Å². The van der Waals surface area contributed by atoms with Gasteiger partial charge in [-0.25, -0.2) is 4.79 Å². The summed E-state index contributed by atoms with van der Waals surface area (Å²) in [5.41, 5.74) is 5.02. The third-order valence-corrected chi connectivity index (χ3v) is 8.00. The van der Waals surface area contributed by atoms with Crippen LogP contribution < -0.4 is 10.2 Å². The zero-order valence-electron chi connectivity index (χ0n) is 23.9. The maximum absolute atomic E-state index is 13.2. The average Bonchev–Trinajstić information content (AvgIpc) is 3.13. The minimum atomic E-state index is -0.550. The van der Waals surface area contributed by atoms with E-state index in [9.17, 15) is 14.4 Å². The van der Waals surface area contributed by atoms with Crippen molar-refractivity contribution in [1.29, 1.82) is 0 Å². The van der Waals surface area contributed by atoms with E-state index in [0.29, 0.717) is 38.0 Å². The lowest BCUT2D eigenvalue weighted by Gasteiger charge is -2.37. The molecule has 3 amide bonds. The molecule has 2 aliphatic rings. The second-order valence-electron chi connectivity index (χ2n) is 11.7. The number of aryl methyl sites for hydroxylation is 1. The first-order chi connectivity index (χ1) is 19.1. The number of ether oxygens (including phenoxy) is 1. The molecule has 0 bridgehead atoms. The lowest BCUT2D eigenvalue weighted by Crippen LogP contribution is -2.43. The highest BCUT2D eigenvalue weighted by Gasteiger charge is 2.54. The Bertz CT molecular complexity index is 1470. The van der Waals surface area contributed by atoms with Crippen molar-refractivity contribution >= 4 is 40.7 Å². The Morgan fingerprint density at radius 3 is 2.60 bits per heavy atom. The van der Waals surface area contributed by atoms with Gasteiger partial charge in [-0.1, -0.05) is 12.5 Å². The smallest absolute Gasteiger partial charge is 0.410 e. The van der Waals surface area contributed by atoms with Gasteiger partial charge in [0.15, 0.2) is 0 Å². The molecule has 0 unspecified atom stereocenters. The van der Waals surface area contributed by atoms with Crippen LogP contribution in [0.1, 0.15) is 64.6 Å². The van der Waals surface area contributed by atoms with E-state index >= 15 is 0 Å². The van der Waals surface area contributed by atoms with Crippen molar-refractivity contribution in [2.24, 2.45) is 0 Å². The second kappa shape index (κ2) is 10.5. The fourth-order valence-electron chi connectivity index (χ4n) is 5.83. The van der Waals surface area contributed by atoms with Gasteiger partial charge in [-0.05, 0) is 77.1 Å². The molecule has 0 saturated heterocycles. The van der Waals surface area contributed by atoms with Crippen LogP contribution in [0.4, 0.5) is 16.2 Å². The van der Waals surface area contributed by atoms with Gasteiger partial charge < -0.3 is 19.9 Å². The van der Waals surface area contributed by atoms with Gasteiger partial charge in [0.1, 0.15) is 5.60 Å². The van der Waals surface area contributed by atoms with Gasteiger partial charge in [-0.2, -0.15) is 0 Å². The van der Waals surface area contributed by atoms with Crippen LogP contribution in [0.15, 0.2) is 36.7 Å². The highest BCUT2D eigenvalue weighted by molar-refractivity contribution is 6.13. The highest BCUT2D eigenvalue weighted by atomic mass is 16.6. The van der Waals surface area contributed by atoms with Crippen LogP contribution in [-0.4, -0.2) is 59.0 Å². The standard InChI is InChI=1S/C31H37N5O4/c1-6-36(29(39)40-30(2,3)4)14-7-9-24-25(34-19-37)16-21(17-32-24)20-10-11-23-22(15-20)27-26(18-33-23)35(5)28(38)31(27)12-8-13-31/h10-11,15-19H,6-9,12-14H2,1-5H3,(H,34,37). The lowest BCUT2D eigenvalue weighted by molar-refractivity contribution is -0.125. The zero-order valence-corrected chi connectivity index (χ0v) is 23.9. The molecule has 5 rings (SSSR count). The molecule has 2 aromatic heterocycles.